The van der Waals surface area contributed by atoms with Gasteiger partial charge in [-0.1, -0.05) is 6.07 Å². The highest BCUT2D eigenvalue weighted by molar-refractivity contribution is 5.94. The number of benzene rings is 1. The van der Waals surface area contributed by atoms with Gasteiger partial charge in [-0.3, -0.25) is 4.79 Å². The molecule has 0 amide bonds. The maximum atomic E-state index is 12.9. The van der Waals surface area contributed by atoms with Crippen LogP contribution in [0.5, 0.6) is 0 Å². The van der Waals surface area contributed by atoms with Crippen molar-refractivity contribution in [2.45, 2.75) is 6.18 Å². The highest BCUT2D eigenvalue weighted by atomic mass is 19.4. The van der Waals surface area contributed by atoms with Crippen molar-refractivity contribution in [3.63, 3.8) is 0 Å². The SMILES string of the molecule is NCCNc1cc2cc[nH]c(=O)c2c(Nc2cccc(C(F)(F)F)c2)n1. The second-order valence-electron chi connectivity index (χ2n) is 5.55. The molecule has 3 aromatic rings. The lowest BCUT2D eigenvalue weighted by Crippen LogP contribution is -2.15. The Balaban J connectivity index is 2.07. The summed E-state index contributed by atoms with van der Waals surface area (Å²) in [6.07, 6.45) is -2.97. The zero-order valence-corrected chi connectivity index (χ0v) is 13.5. The van der Waals surface area contributed by atoms with E-state index in [2.05, 4.69) is 20.6 Å². The van der Waals surface area contributed by atoms with E-state index < -0.39 is 17.3 Å². The normalized spacial score (nSPS) is 11.5. The number of halogens is 3. The quantitative estimate of drug-likeness (QED) is 0.559. The zero-order chi connectivity index (χ0) is 18.7. The molecule has 0 unspecified atom stereocenters. The van der Waals surface area contributed by atoms with Gasteiger partial charge >= 0.3 is 6.18 Å². The topological polar surface area (TPSA) is 95.8 Å². The maximum absolute atomic E-state index is 12.9. The Labute approximate surface area is 146 Å². The number of H-pyrrole nitrogens is 1. The Morgan fingerprint density at radius 2 is 2.00 bits per heavy atom. The monoisotopic (exact) mass is 363 g/mol. The number of hydrogen-bond donors (Lipinski definition) is 4. The number of anilines is 3. The van der Waals surface area contributed by atoms with Crippen LogP contribution in [0.2, 0.25) is 0 Å². The number of aromatic amines is 1. The second kappa shape index (κ2) is 7.04. The summed E-state index contributed by atoms with van der Waals surface area (Å²) in [6, 6.07) is 8.06. The molecule has 0 spiro atoms. The number of fused-ring (bicyclic) bond motifs is 1. The minimum absolute atomic E-state index is 0.156. The molecule has 0 aliphatic heterocycles. The summed E-state index contributed by atoms with van der Waals surface area (Å²) in [7, 11) is 0. The predicted octanol–water partition coefficient (Wildman–Crippen LogP) is 3.06. The van der Waals surface area contributed by atoms with Crippen LogP contribution in [-0.4, -0.2) is 23.1 Å². The molecule has 0 saturated heterocycles. The van der Waals surface area contributed by atoms with Crippen molar-refractivity contribution in [1.29, 1.82) is 0 Å². The molecule has 0 atom stereocenters. The molecule has 0 bridgehead atoms. The average molecular weight is 363 g/mol. The molecule has 0 radical (unpaired) electrons. The van der Waals surface area contributed by atoms with Gasteiger partial charge in [0.25, 0.3) is 5.56 Å². The van der Waals surface area contributed by atoms with Crippen molar-refractivity contribution in [2.75, 3.05) is 23.7 Å². The maximum Gasteiger partial charge on any atom is 0.416 e. The van der Waals surface area contributed by atoms with E-state index in [-0.39, 0.29) is 16.9 Å². The third-order valence-electron chi connectivity index (χ3n) is 3.66. The number of nitrogens with one attached hydrogen (secondary N) is 3. The van der Waals surface area contributed by atoms with Crippen LogP contribution in [0.3, 0.4) is 0 Å². The Hall–Kier alpha value is -3.07. The first-order valence-electron chi connectivity index (χ1n) is 7.79. The Kier molecular flexibility index (Phi) is 4.81. The molecule has 3 rings (SSSR count). The highest BCUT2D eigenvalue weighted by Crippen LogP contribution is 2.32. The molecule has 0 aliphatic carbocycles. The van der Waals surface area contributed by atoms with Gasteiger partial charge in [0.1, 0.15) is 11.6 Å². The summed E-state index contributed by atoms with van der Waals surface area (Å²) >= 11 is 0. The number of pyridine rings is 2. The number of hydrogen-bond acceptors (Lipinski definition) is 5. The first-order valence-corrected chi connectivity index (χ1v) is 7.79. The number of rotatable bonds is 5. The largest absolute Gasteiger partial charge is 0.416 e. The Morgan fingerprint density at radius 3 is 2.73 bits per heavy atom. The van der Waals surface area contributed by atoms with E-state index in [0.717, 1.165) is 12.1 Å². The molecule has 2 heterocycles. The van der Waals surface area contributed by atoms with Crippen LogP contribution in [0, 0.1) is 0 Å². The van der Waals surface area contributed by atoms with Gasteiger partial charge in [0.05, 0.1) is 10.9 Å². The molecule has 26 heavy (non-hydrogen) atoms. The molecule has 6 nitrogen and oxygen atoms in total. The van der Waals surface area contributed by atoms with Gasteiger partial charge in [-0.2, -0.15) is 13.2 Å². The first-order chi connectivity index (χ1) is 12.4. The van der Waals surface area contributed by atoms with E-state index in [1.165, 1.54) is 18.3 Å². The van der Waals surface area contributed by atoms with Gasteiger partial charge in [0.2, 0.25) is 0 Å². The molecule has 2 aromatic heterocycles. The smallest absolute Gasteiger partial charge is 0.369 e. The van der Waals surface area contributed by atoms with E-state index in [4.69, 9.17) is 5.73 Å². The van der Waals surface area contributed by atoms with Crippen LogP contribution >= 0.6 is 0 Å². The van der Waals surface area contributed by atoms with Gasteiger partial charge in [-0.05, 0) is 35.7 Å². The minimum atomic E-state index is -4.46. The molecule has 5 N–H and O–H groups in total. The minimum Gasteiger partial charge on any atom is -0.369 e. The fourth-order valence-electron chi connectivity index (χ4n) is 2.51. The summed E-state index contributed by atoms with van der Waals surface area (Å²) in [5, 5.41) is 6.66. The molecule has 1 aromatic carbocycles. The number of nitrogens with two attached hydrogens (primary N) is 1. The highest BCUT2D eigenvalue weighted by Gasteiger charge is 2.30. The third kappa shape index (κ3) is 3.77. The third-order valence-corrected chi connectivity index (χ3v) is 3.66. The summed E-state index contributed by atoms with van der Waals surface area (Å²) < 4.78 is 38.7. The van der Waals surface area contributed by atoms with E-state index in [1.807, 2.05) is 0 Å². The molecule has 0 aliphatic rings. The van der Waals surface area contributed by atoms with Crippen molar-refractivity contribution < 1.29 is 13.2 Å². The van der Waals surface area contributed by atoms with Gasteiger partial charge in [0, 0.05) is 25.0 Å². The van der Waals surface area contributed by atoms with Crippen molar-refractivity contribution >= 4 is 28.1 Å². The van der Waals surface area contributed by atoms with Gasteiger partial charge in [-0.15, -0.1) is 0 Å². The van der Waals surface area contributed by atoms with Gasteiger partial charge in [-0.25, -0.2) is 4.98 Å². The van der Waals surface area contributed by atoms with Crippen LogP contribution in [0.1, 0.15) is 5.56 Å². The lowest BCUT2D eigenvalue weighted by atomic mass is 10.1. The summed E-state index contributed by atoms with van der Waals surface area (Å²) in [5.41, 5.74) is 4.45. The summed E-state index contributed by atoms with van der Waals surface area (Å²) in [6.45, 7) is 0.843. The second-order valence-corrected chi connectivity index (χ2v) is 5.55. The summed E-state index contributed by atoms with van der Waals surface area (Å²) in [5.74, 6) is 0.617. The van der Waals surface area contributed by atoms with Gasteiger partial charge in [0.15, 0.2) is 0 Å². The van der Waals surface area contributed by atoms with Crippen molar-refractivity contribution in [2.24, 2.45) is 5.73 Å². The lowest BCUT2D eigenvalue weighted by Gasteiger charge is -2.13. The van der Waals surface area contributed by atoms with Crippen LogP contribution in [0.15, 0.2) is 47.4 Å². The molecule has 0 fully saturated rings. The van der Waals surface area contributed by atoms with E-state index in [9.17, 15) is 18.0 Å². The number of nitrogens with zero attached hydrogens (tertiary/aromatic N) is 1. The van der Waals surface area contributed by atoms with Crippen molar-refractivity contribution in [3.05, 3.63) is 58.5 Å². The van der Waals surface area contributed by atoms with Crippen LogP contribution < -0.4 is 21.9 Å². The fourth-order valence-corrected chi connectivity index (χ4v) is 2.51. The fraction of sp³-hybridized carbons (Fsp3) is 0.176. The van der Waals surface area contributed by atoms with Crippen molar-refractivity contribution in [3.8, 4) is 0 Å². The molecule has 0 saturated carbocycles. The molecule has 9 heteroatoms. The zero-order valence-electron chi connectivity index (χ0n) is 13.5. The Morgan fingerprint density at radius 1 is 1.19 bits per heavy atom. The van der Waals surface area contributed by atoms with E-state index in [0.29, 0.717) is 24.3 Å². The summed E-state index contributed by atoms with van der Waals surface area (Å²) in [4.78, 5) is 19.0. The van der Waals surface area contributed by atoms with Gasteiger partial charge < -0.3 is 21.4 Å². The van der Waals surface area contributed by atoms with E-state index >= 15 is 0 Å². The van der Waals surface area contributed by atoms with Crippen molar-refractivity contribution in [1.82, 2.24) is 9.97 Å². The van der Waals surface area contributed by atoms with Crippen LogP contribution in [0.4, 0.5) is 30.5 Å². The molecular weight excluding hydrogens is 347 g/mol. The number of alkyl halides is 3. The lowest BCUT2D eigenvalue weighted by molar-refractivity contribution is -0.137. The predicted molar refractivity (Wildman–Crippen MR) is 94.6 cm³/mol. The van der Waals surface area contributed by atoms with Crippen LogP contribution in [-0.2, 0) is 6.18 Å². The molecule has 136 valence electrons. The Bertz CT molecular complexity index is 984. The molecular formula is C17H16F3N5O. The van der Waals surface area contributed by atoms with E-state index in [1.54, 1.807) is 12.1 Å². The average Bonchev–Trinajstić information content (AvgIpc) is 2.59. The first kappa shape index (κ1) is 17.7. The number of aromatic nitrogens is 2. The standard InChI is InChI=1S/C17H16F3N5O/c18-17(19,20)11-2-1-3-12(9-11)24-15-14-10(4-6-23-16(14)26)8-13(25-15)22-7-5-21/h1-4,6,8-9H,5,7,21H2,(H,23,26)(H2,22,24,25). The van der Waals surface area contributed by atoms with Crippen LogP contribution in [0.25, 0.3) is 10.8 Å².